The SMILES string of the molecule is C#CCOc1ccc(CCN)cc1F. The molecule has 0 aromatic heterocycles. The Hall–Kier alpha value is -1.53. The van der Waals surface area contributed by atoms with Gasteiger partial charge in [0.15, 0.2) is 11.6 Å². The van der Waals surface area contributed by atoms with E-state index in [1.54, 1.807) is 12.1 Å². The van der Waals surface area contributed by atoms with Gasteiger partial charge in [0.25, 0.3) is 0 Å². The van der Waals surface area contributed by atoms with Crippen molar-refractivity contribution in [1.82, 2.24) is 0 Å². The number of halogens is 1. The molecule has 14 heavy (non-hydrogen) atoms. The maximum atomic E-state index is 13.3. The molecule has 0 aliphatic carbocycles. The van der Waals surface area contributed by atoms with Crippen molar-refractivity contribution in [1.29, 1.82) is 0 Å². The van der Waals surface area contributed by atoms with E-state index in [1.807, 2.05) is 0 Å². The lowest BCUT2D eigenvalue weighted by atomic mass is 10.1. The highest BCUT2D eigenvalue weighted by atomic mass is 19.1. The summed E-state index contributed by atoms with van der Waals surface area (Å²) in [5.41, 5.74) is 6.21. The van der Waals surface area contributed by atoms with E-state index in [0.717, 1.165) is 5.56 Å². The summed E-state index contributed by atoms with van der Waals surface area (Å²) in [5.74, 6) is 2.06. The summed E-state index contributed by atoms with van der Waals surface area (Å²) < 4.78 is 18.2. The summed E-state index contributed by atoms with van der Waals surface area (Å²) >= 11 is 0. The molecule has 1 aromatic rings. The zero-order valence-electron chi connectivity index (χ0n) is 7.79. The van der Waals surface area contributed by atoms with Gasteiger partial charge in [-0.3, -0.25) is 0 Å². The molecule has 0 heterocycles. The van der Waals surface area contributed by atoms with E-state index in [9.17, 15) is 4.39 Å². The van der Waals surface area contributed by atoms with Crippen LogP contribution in [-0.2, 0) is 6.42 Å². The zero-order chi connectivity index (χ0) is 10.4. The molecule has 0 bridgehead atoms. The maximum Gasteiger partial charge on any atom is 0.165 e. The third kappa shape index (κ3) is 2.75. The first-order chi connectivity index (χ1) is 6.77. The Morgan fingerprint density at radius 1 is 1.50 bits per heavy atom. The van der Waals surface area contributed by atoms with Crippen molar-refractivity contribution in [2.75, 3.05) is 13.2 Å². The second kappa shape index (κ2) is 5.25. The molecule has 0 aliphatic heterocycles. The minimum absolute atomic E-state index is 0.0765. The van der Waals surface area contributed by atoms with Crippen molar-refractivity contribution in [2.45, 2.75) is 6.42 Å². The smallest absolute Gasteiger partial charge is 0.165 e. The lowest BCUT2D eigenvalue weighted by Gasteiger charge is -2.05. The van der Waals surface area contributed by atoms with E-state index >= 15 is 0 Å². The lowest BCUT2D eigenvalue weighted by molar-refractivity contribution is 0.348. The molecular weight excluding hydrogens is 181 g/mol. The average molecular weight is 193 g/mol. The number of benzene rings is 1. The van der Waals surface area contributed by atoms with E-state index in [2.05, 4.69) is 5.92 Å². The van der Waals surface area contributed by atoms with Gasteiger partial charge in [-0.25, -0.2) is 4.39 Å². The van der Waals surface area contributed by atoms with Crippen LogP contribution in [0.1, 0.15) is 5.56 Å². The van der Waals surface area contributed by atoms with Crippen LogP contribution < -0.4 is 10.5 Å². The molecular formula is C11H12FNO. The quantitative estimate of drug-likeness (QED) is 0.732. The Balaban J connectivity index is 2.75. The van der Waals surface area contributed by atoms with Gasteiger partial charge in [-0.2, -0.15) is 0 Å². The van der Waals surface area contributed by atoms with Crippen molar-refractivity contribution >= 4 is 0 Å². The Kier molecular flexibility index (Phi) is 3.96. The molecule has 3 heteroatoms. The summed E-state index contributed by atoms with van der Waals surface area (Å²) in [4.78, 5) is 0. The van der Waals surface area contributed by atoms with Gasteiger partial charge in [0.1, 0.15) is 6.61 Å². The minimum Gasteiger partial charge on any atom is -0.478 e. The van der Waals surface area contributed by atoms with E-state index in [0.29, 0.717) is 13.0 Å². The summed E-state index contributed by atoms with van der Waals surface area (Å²) in [7, 11) is 0. The molecule has 2 N–H and O–H groups in total. The largest absolute Gasteiger partial charge is 0.478 e. The van der Waals surface area contributed by atoms with Crippen LogP contribution in [0, 0.1) is 18.2 Å². The molecule has 0 fully saturated rings. The van der Waals surface area contributed by atoms with E-state index < -0.39 is 5.82 Å². The second-order valence-corrected chi connectivity index (χ2v) is 2.80. The molecule has 0 aliphatic rings. The Labute approximate surface area is 82.9 Å². The van der Waals surface area contributed by atoms with E-state index in [4.69, 9.17) is 16.9 Å². The van der Waals surface area contributed by atoms with Gasteiger partial charge in [-0.15, -0.1) is 6.42 Å². The van der Waals surface area contributed by atoms with Crippen LogP contribution in [0.3, 0.4) is 0 Å². The van der Waals surface area contributed by atoms with Crippen molar-refractivity contribution in [2.24, 2.45) is 5.73 Å². The topological polar surface area (TPSA) is 35.2 Å². The van der Waals surface area contributed by atoms with Crippen molar-refractivity contribution < 1.29 is 9.13 Å². The van der Waals surface area contributed by atoms with Crippen LogP contribution in [0.4, 0.5) is 4.39 Å². The number of ether oxygens (including phenoxy) is 1. The molecule has 0 unspecified atom stereocenters. The highest BCUT2D eigenvalue weighted by molar-refractivity contribution is 5.29. The maximum absolute atomic E-state index is 13.3. The monoisotopic (exact) mass is 193 g/mol. The van der Waals surface area contributed by atoms with Crippen molar-refractivity contribution in [3.8, 4) is 18.1 Å². The number of hydrogen-bond donors (Lipinski definition) is 1. The van der Waals surface area contributed by atoms with Crippen LogP contribution >= 0.6 is 0 Å². The fourth-order valence-electron chi connectivity index (χ4n) is 1.10. The molecule has 74 valence electrons. The first kappa shape index (κ1) is 10.6. The van der Waals surface area contributed by atoms with Crippen LogP contribution in [0.25, 0.3) is 0 Å². The lowest BCUT2D eigenvalue weighted by Crippen LogP contribution is -2.03. The van der Waals surface area contributed by atoms with Crippen LogP contribution in [0.5, 0.6) is 5.75 Å². The van der Waals surface area contributed by atoms with Crippen LogP contribution in [0.2, 0.25) is 0 Å². The average Bonchev–Trinajstić information content (AvgIpc) is 2.17. The molecule has 0 atom stereocenters. The Bertz CT molecular complexity index is 344. The van der Waals surface area contributed by atoms with Crippen molar-refractivity contribution in [3.05, 3.63) is 29.6 Å². The molecule has 0 spiro atoms. The van der Waals surface area contributed by atoms with Gasteiger partial charge in [0, 0.05) is 0 Å². The number of terminal acetylenes is 1. The normalized spacial score (nSPS) is 9.50. The number of rotatable bonds is 4. The summed E-state index contributed by atoms with van der Waals surface area (Å²) in [6, 6.07) is 4.76. The van der Waals surface area contributed by atoms with Gasteiger partial charge in [0.2, 0.25) is 0 Å². The molecule has 0 amide bonds. The fourth-order valence-corrected chi connectivity index (χ4v) is 1.10. The highest BCUT2D eigenvalue weighted by Crippen LogP contribution is 2.18. The molecule has 0 saturated carbocycles. The van der Waals surface area contributed by atoms with E-state index in [-0.39, 0.29) is 12.4 Å². The third-order valence-corrected chi connectivity index (χ3v) is 1.74. The van der Waals surface area contributed by atoms with Gasteiger partial charge < -0.3 is 10.5 Å². The fraction of sp³-hybridized carbons (Fsp3) is 0.273. The number of nitrogens with two attached hydrogens (primary N) is 1. The summed E-state index contributed by atoms with van der Waals surface area (Å²) in [6.07, 6.45) is 5.65. The molecule has 0 radical (unpaired) electrons. The second-order valence-electron chi connectivity index (χ2n) is 2.80. The highest BCUT2D eigenvalue weighted by Gasteiger charge is 2.03. The van der Waals surface area contributed by atoms with Crippen LogP contribution in [0.15, 0.2) is 18.2 Å². The minimum atomic E-state index is -0.397. The van der Waals surface area contributed by atoms with E-state index in [1.165, 1.54) is 6.07 Å². The predicted molar refractivity (Wildman–Crippen MR) is 53.5 cm³/mol. The van der Waals surface area contributed by atoms with Crippen molar-refractivity contribution in [3.63, 3.8) is 0 Å². The van der Waals surface area contributed by atoms with Crippen LogP contribution in [-0.4, -0.2) is 13.2 Å². The molecule has 0 saturated heterocycles. The molecule has 1 rings (SSSR count). The first-order valence-corrected chi connectivity index (χ1v) is 4.32. The Morgan fingerprint density at radius 3 is 2.86 bits per heavy atom. The Morgan fingerprint density at radius 2 is 2.29 bits per heavy atom. The van der Waals surface area contributed by atoms with Gasteiger partial charge in [-0.05, 0) is 30.7 Å². The van der Waals surface area contributed by atoms with Gasteiger partial charge >= 0.3 is 0 Å². The number of hydrogen-bond acceptors (Lipinski definition) is 2. The zero-order valence-corrected chi connectivity index (χ0v) is 7.79. The molecule has 1 aromatic carbocycles. The molecule has 2 nitrogen and oxygen atoms in total. The van der Waals surface area contributed by atoms with Gasteiger partial charge in [-0.1, -0.05) is 12.0 Å². The summed E-state index contributed by atoms with van der Waals surface area (Å²) in [6.45, 7) is 0.581. The van der Waals surface area contributed by atoms with Gasteiger partial charge in [0.05, 0.1) is 0 Å². The first-order valence-electron chi connectivity index (χ1n) is 4.32. The summed E-state index contributed by atoms with van der Waals surface area (Å²) in [5, 5.41) is 0. The predicted octanol–water partition coefficient (Wildman–Crippen LogP) is 1.34. The standard InChI is InChI=1S/C11H12FNO/c1-2-7-14-11-4-3-9(5-6-13)8-10(11)12/h1,3-4,8H,5-7,13H2. The third-order valence-electron chi connectivity index (χ3n) is 1.74.